The van der Waals surface area contributed by atoms with Gasteiger partial charge < -0.3 is 5.21 Å². The van der Waals surface area contributed by atoms with Crippen LogP contribution in [0.25, 0.3) is 0 Å². The van der Waals surface area contributed by atoms with Gasteiger partial charge in [0.25, 0.3) is 0 Å². The normalized spacial score (nSPS) is 24.5. The number of likely N-dealkylation sites (N-methyl/N-ethyl adjacent to an activating group) is 1. The van der Waals surface area contributed by atoms with Gasteiger partial charge in [0.2, 0.25) is 0 Å². The maximum atomic E-state index is 13.6. The molecular weight excluding hydrogens is 346 g/mol. The molecule has 2 unspecified atom stereocenters. The van der Waals surface area contributed by atoms with Gasteiger partial charge in [0.1, 0.15) is 11.7 Å². The van der Waals surface area contributed by atoms with E-state index in [9.17, 15) is 5.21 Å². The van der Waals surface area contributed by atoms with Crippen molar-refractivity contribution in [2.75, 3.05) is 26.8 Å². The molecule has 1 aromatic rings. The summed E-state index contributed by atoms with van der Waals surface area (Å²) in [5.74, 6) is 0. The molecule has 0 aliphatic carbocycles. The molecule has 1 aromatic heterocycles. The van der Waals surface area contributed by atoms with Gasteiger partial charge in [-0.1, -0.05) is 71.3 Å². The number of rotatable bonds is 10. The summed E-state index contributed by atoms with van der Waals surface area (Å²) >= 11 is 1.47. The second-order valence-corrected chi connectivity index (χ2v) is 9.66. The zero-order chi connectivity index (χ0) is 19.2. The molecule has 7 heteroatoms. The fourth-order valence-corrected chi connectivity index (χ4v) is 4.35. The first-order valence-corrected chi connectivity index (χ1v) is 10.9. The summed E-state index contributed by atoms with van der Waals surface area (Å²) in [4.78, 5) is 2.09. The number of nitrogens with one attached hydrogen (secondary N) is 1. The fourth-order valence-electron chi connectivity index (χ4n) is 3.37. The highest BCUT2D eigenvalue weighted by Gasteiger charge is 2.42. The average Bonchev–Trinajstić information content (AvgIpc) is 3.16. The Balaban J connectivity index is 1.86. The Labute approximate surface area is 163 Å². The summed E-state index contributed by atoms with van der Waals surface area (Å²) < 4.78 is -0.416. The van der Waals surface area contributed by atoms with E-state index in [1.54, 1.807) is 0 Å². The second kappa shape index (κ2) is 9.55. The number of aromatic nitrogens is 2. The van der Waals surface area contributed by atoms with Crippen LogP contribution in [0.4, 0.5) is 5.13 Å². The average molecular weight is 384 g/mol. The molecular formula is C19H37N5OS. The Bertz CT molecular complexity index is 544. The van der Waals surface area contributed by atoms with E-state index in [1.165, 1.54) is 49.9 Å². The first-order chi connectivity index (χ1) is 12.3. The van der Waals surface area contributed by atoms with Crippen LogP contribution in [0.3, 0.4) is 0 Å². The standard InChI is InChI=1S/C19H37N5OS/c1-6-7-8-9-10-11-12-13-20-16-14-23(5)15-24(16,25)18-22-21-17(26-18)19(2,3)4/h16,20H,6-15H2,1-5H3. The predicted molar refractivity (Wildman–Crippen MR) is 111 cm³/mol. The Kier molecular flexibility index (Phi) is 7.97. The van der Waals surface area contributed by atoms with Crippen molar-refractivity contribution in [3.8, 4) is 0 Å². The molecule has 1 N–H and O–H groups in total. The van der Waals surface area contributed by atoms with Gasteiger partial charge >= 0.3 is 5.13 Å². The van der Waals surface area contributed by atoms with Crippen molar-refractivity contribution >= 4 is 16.5 Å². The van der Waals surface area contributed by atoms with E-state index >= 15 is 0 Å². The van der Waals surface area contributed by atoms with Crippen LogP contribution in [0, 0.1) is 5.21 Å². The number of hydrogen-bond acceptors (Lipinski definition) is 6. The minimum Gasteiger partial charge on any atom is -0.623 e. The maximum absolute atomic E-state index is 13.6. The molecule has 2 rings (SSSR count). The first kappa shape index (κ1) is 21.7. The highest BCUT2D eigenvalue weighted by Crippen LogP contribution is 2.36. The minimum absolute atomic E-state index is 0.0681. The smallest absolute Gasteiger partial charge is 0.309 e. The third-order valence-electron chi connectivity index (χ3n) is 4.98. The van der Waals surface area contributed by atoms with Crippen LogP contribution >= 0.6 is 11.3 Å². The number of nitrogens with zero attached hydrogens (tertiary/aromatic N) is 4. The van der Waals surface area contributed by atoms with Crippen LogP contribution in [0.1, 0.15) is 77.6 Å². The third kappa shape index (κ3) is 5.70. The van der Waals surface area contributed by atoms with Gasteiger partial charge in [0.15, 0.2) is 6.17 Å². The highest BCUT2D eigenvalue weighted by molar-refractivity contribution is 7.15. The lowest BCUT2D eigenvalue weighted by Gasteiger charge is -2.39. The van der Waals surface area contributed by atoms with Crippen molar-refractivity contribution in [2.24, 2.45) is 0 Å². The summed E-state index contributed by atoms with van der Waals surface area (Å²) in [6, 6.07) is 0. The predicted octanol–water partition coefficient (Wildman–Crippen LogP) is 4.21. The SMILES string of the molecule is CCCCCCCCCNC1CN(C)C[N+]1([O-])c1nnc(C(C)(C)C)s1. The van der Waals surface area contributed by atoms with Gasteiger partial charge in [0.05, 0.1) is 6.54 Å². The Hall–Kier alpha value is -0.600. The van der Waals surface area contributed by atoms with Gasteiger partial charge in [-0.3, -0.25) is 14.9 Å². The number of hydrogen-bond donors (Lipinski definition) is 1. The van der Waals surface area contributed by atoms with Crippen LogP contribution in [0.2, 0.25) is 0 Å². The Morgan fingerprint density at radius 2 is 1.81 bits per heavy atom. The van der Waals surface area contributed by atoms with Gasteiger partial charge in [-0.25, -0.2) is 0 Å². The van der Waals surface area contributed by atoms with Crippen molar-refractivity contribution in [1.29, 1.82) is 0 Å². The quantitative estimate of drug-likeness (QED) is 0.372. The van der Waals surface area contributed by atoms with E-state index in [0.29, 0.717) is 11.8 Å². The van der Waals surface area contributed by atoms with Gasteiger partial charge in [-0.05, 0) is 24.8 Å². The van der Waals surface area contributed by atoms with Crippen molar-refractivity contribution in [3.63, 3.8) is 0 Å². The molecule has 0 spiro atoms. The lowest BCUT2D eigenvalue weighted by atomic mass is 9.98. The lowest BCUT2D eigenvalue weighted by molar-refractivity contribution is 0.286. The number of hydroxylamine groups is 2. The molecule has 2 atom stereocenters. The topological polar surface area (TPSA) is 64.1 Å². The van der Waals surface area contributed by atoms with E-state index in [2.05, 4.69) is 48.1 Å². The van der Waals surface area contributed by atoms with Gasteiger partial charge in [0, 0.05) is 12.0 Å². The molecule has 1 aliphatic rings. The molecule has 150 valence electrons. The van der Waals surface area contributed by atoms with Gasteiger partial charge in [-0.15, -0.1) is 5.10 Å². The number of quaternary nitrogens is 1. The summed E-state index contributed by atoms with van der Waals surface area (Å²) in [6.45, 7) is 10.7. The zero-order valence-corrected chi connectivity index (χ0v) is 18.1. The van der Waals surface area contributed by atoms with Crippen molar-refractivity contribution in [2.45, 2.75) is 84.2 Å². The van der Waals surface area contributed by atoms with Crippen molar-refractivity contribution in [1.82, 2.24) is 25.1 Å². The molecule has 0 amide bonds. The fraction of sp³-hybridized carbons (Fsp3) is 0.895. The first-order valence-electron chi connectivity index (χ1n) is 10.1. The molecule has 1 fully saturated rings. The molecule has 6 nitrogen and oxygen atoms in total. The molecule has 2 heterocycles. The van der Waals surface area contributed by atoms with Crippen LogP contribution in [-0.2, 0) is 5.41 Å². The Morgan fingerprint density at radius 3 is 2.42 bits per heavy atom. The molecule has 1 saturated heterocycles. The summed E-state index contributed by atoms with van der Waals surface area (Å²) in [5.41, 5.74) is -0.0681. The summed E-state index contributed by atoms with van der Waals surface area (Å²) in [7, 11) is 2.01. The Morgan fingerprint density at radius 1 is 1.15 bits per heavy atom. The van der Waals surface area contributed by atoms with Gasteiger partial charge in [-0.2, -0.15) is 0 Å². The molecule has 1 aliphatic heterocycles. The van der Waals surface area contributed by atoms with E-state index < -0.39 is 4.65 Å². The molecule has 0 aromatic carbocycles. The zero-order valence-electron chi connectivity index (χ0n) is 17.3. The third-order valence-corrected chi connectivity index (χ3v) is 6.44. The summed E-state index contributed by atoms with van der Waals surface area (Å²) in [5, 5.41) is 27.1. The second-order valence-electron chi connectivity index (χ2n) is 8.71. The molecule has 0 saturated carbocycles. The maximum Gasteiger partial charge on any atom is 0.309 e. The van der Waals surface area contributed by atoms with Crippen LogP contribution < -0.4 is 9.96 Å². The molecule has 26 heavy (non-hydrogen) atoms. The van der Waals surface area contributed by atoms with E-state index in [0.717, 1.165) is 24.5 Å². The monoisotopic (exact) mass is 383 g/mol. The molecule has 0 radical (unpaired) electrons. The van der Waals surface area contributed by atoms with Crippen molar-refractivity contribution < 1.29 is 0 Å². The lowest BCUT2D eigenvalue weighted by Crippen LogP contribution is -2.56. The molecule has 0 bridgehead atoms. The highest BCUT2D eigenvalue weighted by atomic mass is 32.1. The minimum atomic E-state index is -0.416. The largest absolute Gasteiger partial charge is 0.623 e. The van der Waals surface area contributed by atoms with Crippen LogP contribution in [-0.4, -0.2) is 48.1 Å². The van der Waals surface area contributed by atoms with E-state index in [-0.39, 0.29) is 11.6 Å². The number of unbranched alkanes of at least 4 members (excludes halogenated alkanes) is 6. The summed E-state index contributed by atoms with van der Waals surface area (Å²) in [6.07, 6.45) is 8.85. The van der Waals surface area contributed by atoms with Crippen molar-refractivity contribution in [3.05, 3.63) is 10.2 Å². The van der Waals surface area contributed by atoms with E-state index in [1.807, 2.05) is 7.05 Å². The van der Waals surface area contributed by atoms with Crippen LogP contribution in [0.15, 0.2) is 0 Å². The van der Waals surface area contributed by atoms with E-state index in [4.69, 9.17) is 0 Å². The van der Waals surface area contributed by atoms with Crippen LogP contribution in [0.5, 0.6) is 0 Å².